The highest BCUT2D eigenvalue weighted by Gasteiger charge is 2.55. The van der Waals surface area contributed by atoms with Crippen molar-refractivity contribution in [2.75, 3.05) is 6.61 Å². The topological polar surface area (TPSA) is 38.8 Å². The van der Waals surface area contributed by atoms with Crippen LogP contribution in [-0.4, -0.2) is 12.6 Å². The van der Waals surface area contributed by atoms with Crippen LogP contribution in [0.1, 0.15) is 5.56 Å². The number of epoxide rings is 1. The molecule has 3 rings (SSSR count). The van der Waals surface area contributed by atoms with Crippen molar-refractivity contribution >= 4 is 5.97 Å². The summed E-state index contributed by atoms with van der Waals surface area (Å²) >= 11 is 0. The molecule has 18 heavy (non-hydrogen) atoms. The Morgan fingerprint density at radius 1 is 1.00 bits per heavy atom. The van der Waals surface area contributed by atoms with Gasteiger partial charge in [0.1, 0.15) is 5.75 Å². The van der Waals surface area contributed by atoms with Gasteiger partial charge in [0, 0.05) is 0 Å². The van der Waals surface area contributed by atoms with E-state index in [1.807, 2.05) is 48.5 Å². The molecule has 2 aromatic carbocycles. The van der Waals surface area contributed by atoms with Crippen molar-refractivity contribution in [2.45, 2.75) is 5.60 Å². The van der Waals surface area contributed by atoms with Gasteiger partial charge in [0.05, 0.1) is 6.61 Å². The number of carbonyl (C=O) groups excluding carboxylic acids is 1. The molecule has 2 aromatic rings. The van der Waals surface area contributed by atoms with E-state index < -0.39 is 5.60 Å². The third kappa shape index (κ3) is 1.89. The summed E-state index contributed by atoms with van der Waals surface area (Å²) < 4.78 is 10.7. The van der Waals surface area contributed by atoms with Gasteiger partial charge in [-0.2, -0.15) is 0 Å². The Morgan fingerprint density at radius 3 is 2.11 bits per heavy atom. The minimum absolute atomic E-state index is 0.361. The fourth-order valence-electron chi connectivity index (χ4n) is 1.86. The molecule has 0 radical (unpaired) electrons. The van der Waals surface area contributed by atoms with Crippen LogP contribution in [0.3, 0.4) is 0 Å². The van der Waals surface area contributed by atoms with Crippen LogP contribution in [0.2, 0.25) is 0 Å². The minimum atomic E-state index is -0.906. The summed E-state index contributed by atoms with van der Waals surface area (Å²) in [5.74, 6) is 0.174. The predicted octanol–water partition coefficient (Wildman–Crippen LogP) is 2.52. The van der Waals surface area contributed by atoms with Gasteiger partial charge in [0.15, 0.2) is 0 Å². The maximum atomic E-state index is 12.1. The molecule has 1 aliphatic rings. The van der Waals surface area contributed by atoms with E-state index in [2.05, 4.69) is 0 Å². The van der Waals surface area contributed by atoms with Crippen LogP contribution >= 0.6 is 0 Å². The number of ether oxygens (including phenoxy) is 2. The first kappa shape index (κ1) is 11.0. The van der Waals surface area contributed by atoms with Gasteiger partial charge >= 0.3 is 5.97 Å². The molecule has 0 N–H and O–H groups in total. The van der Waals surface area contributed by atoms with Crippen LogP contribution in [0.5, 0.6) is 5.75 Å². The maximum absolute atomic E-state index is 12.1. The molecule has 0 bridgehead atoms. The van der Waals surface area contributed by atoms with Crippen molar-refractivity contribution in [2.24, 2.45) is 0 Å². The van der Waals surface area contributed by atoms with Gasteiger partial charge in [0.2, 0.25) is 5.60 Å². The lowest BCUT2D eigenvalue weighted by molar-refractivity contribution is -0.140. The van der Waals surface area contributed by atoms with Crippen LogP contribution in [0.15, 0.2) is 60.7 Å². The minimum Gasteiger partial charge on any atom is -0.424 e. The molecule has 1 unspecified atom stereocenters. The number of hydrogen-bond acceptors (Lipinski definition) is 3. The molecule has 0 amide bonds. The van der Waals surface area contributed by atoms with Crippen molar-refractivity contribution < 1.29 is 14.3 Å². The summed E-state index contributed by atoms with van der Waals surface area (Å²) in [6.07, 6.45) is 0. The zero-order valence-electron chi connectivity index (χ0n) is 9.71. The van der Waals surface area contributed by atoms with Gasteiger partial charge in [-0.05, 0) is 17.7 Å². The Labute approximate surface area is 105 Å². The summed E-state index contributed by atoms with van der Waals surface area (Å²) in [6.45, 7) is 0.378. The fraction of sp³-hybridized carbons (Fsp3) is 0.133. The highest BCUT2D eigenvalue weighted by Crippen LogP contribution is 2.40. The first-order valence-corrected chi connectivity index (χ1v) is 5.78. The summed E-state index contributed by atoms with van der Waals surface area (Å²) in [7, 11) is 0. The van der Waals surface area contributed by atoms with Crippen LogP contribution in [-0.2, 0) is 15.1 Å². The normalized spacial score (nSPS) is 21.3. The van der Waals surface area contributed by atoms with Crippen molar-refractivity contribution in [1.82, 2.24) is 0 Å². The van der Waals surface area contributed by atoms with Crippen molar-refractivity contribution in [3.05, 3.63) is 66.2 Å². The lowest BCUT2D eigenvalue weighted by Crippen LogP contribution is -2.27. The maximum Gasteiger partial charge on any atom is 0.350 e. The Bertz CT molecular complexity index is 544. The van der Waals surface area contributed by atoms with Gasteiger partial charge in [-0.1, -0.05) is 48.5 Å². The summed E-state index contributed by atoms with van der Waals surface area (Å²) in [5, 5.41) is 0. The first-order valence-electron chi connectivity index (χ1n) is 5.78. The van der Waals surface area contributed by atoms with E-state index in [4.69, 9.17) is 9.47 Å². The van der Waals surface area contributed by atoms with Crippen molar-refractivity contribution in [3.63, 3.8) is 0 Å². The van der Waals surface area contributed by atoms with Crippen molar-refractivity contribution in [3.8, 4) is 5.75 Å². The quantitative estimate of drug-likeness (QED) is 0.470. The van der Waals surface area contributed by atoms with E-state index in [9.17, 15) is 4.79 Å². The van der Waals surface area contributed by atoms with Crippen molar-refractivity contribution in [1.29, 1.82) is 0 Å². The van der Waals surface area contributed by atoms with Gasteiger partial charge in [-0.25, -0.2) is 4.79 Å². The molecule has 1 heterocycles. The Morgan fingerprint density at radius 2 is 1.56 bits per heavy atom. The average molecular weight is 240 g/mol. The van der Waals surface area contributed by atoms with Gasteiger partial charge in [-0.15, -0.1) is 0 Å². The van der Waals surface area contributed by atoms with Crippen LogP contribution in [0.4, 0.5) is 0 Å². The standard InChI is InChI=1S/C15H12O3/c16-14(18-13-9-5-2-6-10-13)15(11-17-15)12-7-3-1-4-8-12/h1-10H,11H2. The summed E-state index contributed by atoms with van der Waals surface area (Å²) in [6, 6.07) is 18.4. The zero-order chi connectivity index (χ0) is 12.4. The number of benzene rings is 2. The van der Waals surface area contributed by atoms with Gasteiger partial charge in [-0.3, -0.25) is 0 Å². The third-order valence-electron chi connectivity index (χ3n) is 2.96. The van der Waals surface area contributed by atoms with E-state index in [1.54, 1.807) is 12.1 Å². The van der Waals surface area contributed by atoms with Crippen LogP contribution < -0.4 is 4.74 Å². The molecule has 90 valence electrons. The smallest absolute Gasteiger partial charge is 0.350 e. The Hall–Kier alpha value is -2.13. The molecule has 0 saturated carbocycles. The molecule has 0 aromatic heterocycles. The lowest BCUT2D eigenvalue weighted by Gasteiger charge is -2.11. The van der Waals surface area contributed by atoms with E-state index in [-0.39, 0.29) is 5.97 Å². The number of carbonyl (C=O) groups is 1. The number of esters is 1. The molecule has 1 aliphatic heterocycles. The predicted molar refractivity (Wildman–Crippen MR) is 66.1 cm³/mol. The average Bonchev–Trinajstić information content (AvgIpc) is 3.22. The molecule has 3 heteroatoms. The molecule has 3 nitrogen and oxygen atoms in total. The number of rotatable bonds is 3. The molecular weight excluding hydrogens is 228 g/mol. The molecule has 0 aliphatic carbocycles. The first-order chi connectivity index (χ1) is 8.81. The van der Waals surface area contributed by atoms with E-state index in [1.165, 1.54) is 0 Å². The monoisotopic (exact) mass is 240 g/mol. The van der Waals surface area contributed by atoms with Crippen LogP contribution in [0.25, 0.3) is 0 Å². The Kier molecular flexibility index (Phi) is 2.61. The second-order valence-corrected chi connectivity index (χ2v) is 4.18. The zero-order valence-corrected chi connectivity index (χ0v) is 9.71. The lowest BCUT2D eigenvalue weighted by atomic mass is 10.0. The Balaban J connectivity index is 1.81. The number of para-hydroxylation sites is 1. The molecule has 1 saturated heterocycles. The van der Waals surface area contributed by atoms with Gasteiger partial charge < -0.3 is 9.47 Å². The number of hydrogen-bond donors (Lipinski definition) is 0. The molecule has 1 fully saturated rings. The highest BCUT2D eigenvalue weighted by atomic mass is 16.6. The molecular formula is C15H12O3. The molecule has 1 atom stereocenters. The highest BCUT2D eigenvalue weighted by molar-refractivity contribution is 5.86. The van der Waals surface area contributed by atoms with Crippen LogP contribution in [0, 0.1) is 0 Å². The SMILES string of the molecule is O=C(Oc1ccccc1)C1(c2ccccc2)CO1. The second-order valence-electron chi connectivity index (χ2n) is 4.18. The van der Waals surface area contributed by atoms with E-state index in [0.29, 0.717) is 12.4 Å². The van der Waals surface area contributed by atoms with E-state index >= 15 is 0 Å². The second kappa shape index (κ2) is 4.27. The van der Waals surface area contributed by atoms with Gasteiger partial charge in [0.25, 0.3) is 0 Å². The summed E-state index contributed by atoms with van der Waals surface area (Å²) in [5.41, 5.74) is -0.0668. The molecule has 0 spiro atoms. The summed E-state index contributed by atoms with van der Waals surface area (Å²) in [4.78, 5) is 12.1. The largest absolute Gasteiger partial charge is 0.424 e. The van der Waals surface area contributed by atoms with E-state index in [0.717, 1.165) is 5.56 Å². The fourth-order valence-corrected chi connectivity index (χ4v) is 1.86. The third-order valence-corrected chi connectivity index (χ3v) is 2.96.